The van der Waals surface area contributed by atoms with Gasteiger partial charge in [0.05, 0.1) is 6.42 Å². The number of amides is 1. The second-order valence-electron chi connectivity index (χ2n) is 8.52. The average molecular weight is 459 g/mol. The summed E-state index contributed by atoms with van der Waals surface area (Å²) in [6.45, 7) is 10.3. The zero-order valence-corrected chi connectivity index (χ0v) is 20.3. The quantitative estimate of drug-likeness (QED) is 0.426. The molecule has 0 fully saturated rings. The van der Waals surface area contributed by atoms with E-state index < -0.39 is 5.97 Å². The van der Waals surface area contributed by atoms with Crippen LogP contribution in [0.4, 0.5) is 0 Å². The van der Waals surface area contributed by atoms with E-state index in [9.17, 15) is 9.59 Å². The standard InChI is InChI=1S/C26H35ClN2O3/c1-18-15-19(2)24(20(3)16-18)17-25(30)28-12-6-14-29(13-5-7-26(31)32)21(4)22-8-10-23(27)11-9-22/h8-11,15-16,21H,5-7,12-14,17H2,1-4H3,(H,28,30)(H,31,32). The molecule has 0 aliphatic heterocycles. The molecule has 0 radical (unpaired) electrons. The Morgan fingerprint density at radius 2 is 1.62 bits per heavy atom. The molecule has 5 nitrogen and oxygen atoms in total. The first-order valence-electron chi connectivity index (χ1n) is 11.2. The van der Waals surface area contributed by atoms with Crippen molar-refractivity contribution in [2.45, 2.75) is 59.4 Å². The van der Waals surface area contributed by atoms with E-state index in [1.807, 2.05) is 24.3 Å². The molecule has 1 atom stereocenters. The Labute approximate surface area is 196 Å². The lowest BCUT2D eigenvalue weighted by molar-refractivity contribution is -0.137. The molecule has 2 N–H and O–H groups in total. The van der Waals surface area contributed by atoms with Crippen LogP contribution >= 0.6 is 11.6 Å². The molecule has 0 spiro atoms. The Bertz CT molecular complexity index is 889. The Morgan fingerprint density at radius 1 is 1.03 bits per heavy atom. The molecular formula is C26H35ClN2O3. The summed E-state index contributed by atoms with van der Waals surface area (Å²) in [6, 6.07) is 12.1. The number of hydrogen-bond donors (Lipinski definition) is 2. The molecule has 6 heteroatoms. The van der Waals surface area contributed by atoms with Crippen molar-refractivity contribution in [3.63, 3.8) is 0 Å². The number of aliphatic carboxylic acids is 1. The molecule has 32 heavy (non-hydrogen) atoms. The smallest absolute Gasteiger partial charge is 0.303 e. The van der Waals surface area contributed by atoms with Gasteiger partial charge in [-0.05, 0) is 81.5 Å². The third-order valence-electron chi connectivity index (χ3n) is 5.86. The number of benzene rings is 2. The Kier molecular flexibility index (Phi) is 10.2. The fourth-order valence-corrected chi connectivity index (χ4v) is 4.23. The van der Waals surface area contributed by atoms with Gasteiger partial charge in [0.2, 0.25) is 5.91 Å². The van der Waals surface area contributed by atoms with Crippen LogP contribution in [-0.2, 0) is 16.0 Å². The highest BCUT2D eigenvalue weighted by Gasteiger charge is 2.16. The molecule has 2 aromatic rings. The first-order chi connectivity index (χ1) is 15.2. The molecule has 1 amide bonds. The minimum absolute atomic E-state index is 0.0308. The van der Waals surface area contributed by atoms with Gasteiger partial charge in [0, 0.05) is 30.6 Å². The maximum Gasteiger partial charge on any atom is 0.303 e. The largest absolute Gasteiger partial charge is 0.481 e. The molecular weight excluding hydrogens is 424 g/mol. The molecule has 1 unspecified atom stereocenters. The van der Waals surface area contributed by atoms with Crippen LogP contribution in [0.1, 0.15) is 60.0 Å². The lowest BCUT2D eigenvalue weighted by Gasteiger charge is -2.29. The molecule has 0 bridgehead atoms. The second kappa shape index (κ2) is 12.6. The normalized spacial score (nSPS) is 12.1. The summed E-state index contributed by atoms with van der Waals surface area (Å²) >= 11 is 6.01. The lowest BCUT2D eigenvalue weighted by atomic mass is 9.97. The second-order valence-corrected chi connectivity index (χ2v) is 8.95. The van der Waals surface area contributed by atoms with Gasteiger partial charge in [-0.15, -0.1) is 0 Å². The van der Waals surface area contributed by atoms with Gasteiger partial charge in [-0.1, -0.05) is 41.4 Å². The van der Waals surface area contributed by atoms with Crippen LogP contribution in [0.5, 0.6) is 0 Å². The molecule has 174 valence electrons. The maximum absolute atomic E-state index is 12.5. The number of nitrogens with one attached hydrogen (secondary N) is 1. The highest BCUT2D eigenvalue weighted by Crippen LogP contribution is 2.23. The summed E-state index contributed by atoms with van der Waals surface area (Å²) in [5.74, 6) is -0.749. The van der Waals surface area contributed by atoms with E-state index in [4.69, 9.17) is 16.7 Å². The fraction of sp³-hybridized carbons (Fsp3) is 0.462. The number of carbonyl (C=O) groups excluding carboxylic acids is 1. The lowest BCUT2D eigenvalue weighted by Crippen LogP contribution is -2.33. The monoisotopic (exact) mass is 458 g/mol. The van der Waals surface area contributed by atoms with E-state index in [0.717, 1.165) is 35.2 Å². The molecule has 2 rings (SSSR count). The van der Waals surface area contributed by atoms with Crippen molar-refractivity contribution in [1.82, 2.24) is 10.2 Å². The van der Waals surface area contributed by atoms with Crippen molar-refractivity contribution in [2.75, 3.05) is 19.6 Å². The highest BCUT2D eigenvalue weighted by molar-refractivity contribution is 6.30. The van der Waals surface area contributed by atoms with Crippen LogP contribution in [0, 0.1) is 20.8 Å². The van der Waals surface area contributed by atoms with Gasteiger partial charge in [0.25, 0.3) is 0 Å². The van der Waals surface area contributed by atoms with Crippen LogP contribution < -0.4 is 5.32 Å². The molecule has 0 saturated heterocycles. The summed E-state index contributed by atoms with van der Waals surface area (Å²) in [6.07, 6.45) is 1.92. The Balaban J connectivity index is 1.89. The van der Waals surface area contributed by atoms with E-state index in [2.05, 4.69) is 50.0 Å². The Morgan fingerprint density at radius 3 is 2.22 bits per heavy atom. The molecule has 0 saturated carbocycles. The summed E-state index contributed by atoms with van der Waals surface area (Å²) < 4.78 is 0. The summed E-state index contributed by atoms with van der Waals surface area (Å²) in [4.78, 5) is 25.7. The average Bonchev–Trinajstić information content (AvgIpc) is 2.72. The van der Waals surface area contributed by atoms with E-state index >= 15 is 0 Å². The van der Waals surface area contributed by atoms with Gasteiger partial charge >= 0.3 is 5.97 Å². The minimum Gasteiger partial charge on any atom is -0.481 e. The number of carbonyl (C=O) groups is 2. The topological polar surface area (TPSA) is 69.6 Å². The van der Waals surface area contributed by atoms with E-state index in [1.54, 1.807) is 0 Å². The molecule has 2 aromatic carbocycles. The first kappa shape index (κ1) is 25.9. The van der Waals surface area contributed by atoms with Gasteiger partial charge in [0.1, 0.15) is 0 Å². The molecule has 0 aliphatic rings. The number of rotatable bonds is 12. The summed E-state index contributed by atoms with van der Waals surface area (Å²) in [5.41, 5.74) is 5.75. The van der Waals surface area contributed by atoms with E-state index in [-0.39, 0.29) is 18.4 Å². The van der Waals surface area contributed by atoms with Crippen molar-refractivity contribution in [3.8, 4) is 0 Å². The fourth-order valence-electron chi connectivity index (χ4n) is 4.11. The predicted octanol–water partition coefficient (Wildman–Crippen LogP) is 5.24. The molecule has 0 heterocycles. The number of hydrogen-bond acceptors (Lipinski definition) is 3. The third-order valence-corrected chi connectivity index (χ3v) is 6.11. The van der Waals surface area contributed by atoms with Gasteiger partial charge in [-0.25, -0.2) is 0 Å². The number of aryl methyl sites for hydroxylation is 3. The summed E-state index contributed by atoms with van der Waals surface area (Å²) in [7, 11) is 0. The van der Waals surface area contributed by atoms with Gasteiger partial charge in [0.15, 0.2) is 0 Å². The van der Waals surface area contributed by atoms with Gasteiger partial charge < -0.3 is 10.4 Å². The van der Waals surface area contributed by atoms with Gasteiger partial charge in [-0.3, -0.25) is 14.5 Å². The number of carboxylic acids is 1. The maximum atomic E-state index is 12.5. The number of halogens is 1. The zero-order chi connectivity index (χ0) is 23.7. The van der Waals surface area contributed by atoms with Crippen LogP contribution in [0.25, 0.3) is 0 Å². The zero-order valence-electron chi connectivity index (χ0n) is 19.6. The van der Waals surface area contributed by atoms with Crippen molar-refractivity contribution in [1.29, 1.82) is 0 Å². The SMILES string of the molecule is Cc1cc(C)c(CC(=O)NCCCN(CCCC(=O)O)C(C)c2ccc(Cl)cc2)c(C)c1. The van der Waals surface area contributed by atoms with Crippen LogP contribution in [0.3, 0.4) is 0 Å². The van der Waals surface area contributed by atoms with Crippen molar-refractivity contribution >= 4 is 23.5 Å². The molecule has 0 aromatic heterocycles. The van der Waals surface area contributed by atoms with Crippen molar-refractivity contribution < 1.29 is 14.7 Å². The van der Waals surface area contributed by atoms with E-state index in [1.165, 1.54) is 5.56 Å². The Hall–Kier alpha value is -2.37. The predicted molar refractivity (Wildman–Crippen MR) is 130 cm³/mol. The van der Waals surface area contributed by atoms with Crippen molar-refractivity contribution in [2.24, 2.45) is 0 Å². The number of carboxylic acid groups (broad SMARTS) is 1. The van der Waals surface area contributed by atoms with Crippen molar-refractivity contribution in [3.05, 3.63) is 69.2 Å². The van der Waals surface area contributed by atoms with Gasteiger partial charge in [-0.2, -0.15) is 0 Å². The summed E-state index contributed by atoms with van der Waals surface area (Å²) in [5, 5.41) is 12.7. The number of nitrogens with zero attached hydrogens (tertiary/aromatic N) is 1. The van der Waals surface area contributed by atoms with Crippen LogP contribution in [0.2, 0.25) is 5.02 Å². The first-order valence-corrected chi connectivity index (χ1v) is 11.6. The van der Waals surface area contributed by atoms with Crippen LogP contribution in [-0.4, -0.2) is 41.5 Å². The third kappa shape index (κ3) is 8.29. The molecule has 0 aliphatic carbocycles. The van der Waals surface area contributed by atoms with E-state index in [0.29, 0.717) is 31.0 Å². The minimum atomic E-state index is -0.780. The highest BCUT2D eigenvalue weighted by atomic mass is 35.5. The van der Waals surface area contributed by atoms with Crippen LogP contribution in [0.15, 0.2) is 36.4 Å².